The van der Waals surface area contributed by atoms with E-state index in [1.54, 1.807) is 12.1 Å². The van der Waals surface area contributed by atoms with E-state index in [1.807, 2.05) is 30.3 Å². The Morgan fingerprint density at radius 3 is 2.70 bits per heavy atom. The van der Waals surface area contributed by atoms with E-state index in [0.29, 0.717) is 21.2 Å². The monoisotopic (exact) mass is 462 g/mol. The summed E-state index contributed by atoms with van der Waals surface area (Å²) in [6.45, 7) is 1.88. The van der Waals surface area contributed by atoms with Gasteiger partial charge in [-0.05, 0) is 49.6 Å². The zero-order valence-corrected chi connectivity index (χ0v) is 18.4. The molecule has 0 saturated carbocycles. The number of piperidine rings is 1. The second kappa shape index (κ2) is 9.73. The van der Waals surface area contributed by atoms with Crippen LogP contribution in [0.5, 0.6) is 0 Å². The SMILES string of the molecule is O=C(CSc1nnc(-c2cccc(Cl)c2)o1)Nc1cccc(Cl)c1N1CCCCC1. The molecule has 156 valence electrons. The Hall–Kier alpha value is -2.22. The molecule has 9 heteroatoms. The highest BCUT2D eigenvalue weighted by molar-refractivity contribution is 7.99. The van der Waals surface area contributed by atoms with Gasteiger partial charge in [-0.3, -0.25) is 4.79 Å². The standard InChI is InChI=1S/C21H20Cl2N4O2S/c22-15-7-4-6-14(12-15)20-25-26-21(29-20)30-13-18(28)24-17-9-5-8-16(23)19(17)27-10-2-1-3-11-27/h4-9,12H,1-3,10-11,13H2,(H,24,28). The fourth-order valence-corrected chi connectivity index (χ4v) is 4.42. The maximum absolute atomic E-state index is 12.6. The summed E-state index contributed by atoms with van der Waals surface area (Å²) in [6.07, 6.45) is 3.47. The van der Waals surface area contributed by atoms with Crippen molar-refractivity contribution in [3.63, 3.8) is 0 Å². The van der Waals surface area contributed by atoms with Gasteiger partial charge in [0.15, 0.2) is 0 Å². The Balaban J connectivity index is 1.40. The van der Waals surface area contributed by atoms with Crippen molar-refractivity contribution in [2.24, 2.45) is 0 Å². The summed E-state index contributed by atoms with van der Waals surface area (Å²) in [4.78, 5) is 14.8. The number of para-hydroxylation sites is 1. The largest absolute Gasteiger partial charge is 0.411 e. The molecule has 6 nitrogen and oxygen atoms in total. The highest BCUT2D eigenvalue weighted by Gasteiger charge is 2.19. The van der Waals surface area contributed by atoms with E-state index in [2.05, 4.69) is 20.4 Å². The average molecular weight is 463 g/mol. The number of rotatable bonds is 6. The molecule has 30 heavy (non-hydrogen) atoms. The van der Waals surface area contributed by atoms with Crippen LogP contribution < -0.4 is 10.2 Å². The van der Waals surface area contributed by atoms with Crippen molar-refractivity contribution in [3.05, 3.63) is 52.5 Å². The third-order valence-electron chi connectivity index (χ3n) is 4.74. The summed E-state index contributed by atoms with van der Waals surface area (Å²) in [5.74, 6) is 0.342. The molecule has 0 radical (unpaired) electrons. The van der Waals surface area contributed by atoms with Crippen LogP contribution in [0.1, 0.15) is 19.3 Å². The highest BCUT2D eigenvalue weighted by atomic mass is 35.5. The van der Waals surface area contributed by atoms with Gasteiger partial charge in [-0.1, -0.05) is 47.1 Å². The number of benzene rings is 2. The number of nitrogens with one attached hydrogen (secondary N) is 1. The molecule has 1 amide bonds. The molecule has 0 aliphatic carbocycles. The average Bonchev–Trinajstić information content (AvgIpc) is 3.22. The number of anilines is 2. The van der Waals surface area contributed by atoms with E-state index >= 15 is 0 Å². The fraction of sp³-hybridized carbons (Fsp3) is 0.286. The van der Waals surface area contributed by atoms with Gasteiger partial charge < -0.3 is 14.6 Å². The molecule has 1 saturated heterocycles. The molecule has 1 aromatic heterocycles. The number of amides is 1. The smallest absolute Gasteiger partial charge is 0.277 e. The highest BCUT2D eigenvalue weighted by Crippen LogP contribution is 2.35. The van der Waals surface area contributed by atoms with Crippen molar-refractivity contribution < 1.29 is 9.21 Å². The Kier molecular flexibility index (Phi) is 6.82. The molecule has 1 N–H and O–H groups in total. The Bertz CT molecular complexity index is 1040. The zero-order valence-electron chi connectivity index (χ0n) is 16.1. The van der Waals surface area contributed by atoms with E-state index in [1.165, 1.54) is 18.2 Å². The fourth-order valence-electron chi connectivity index (χ4n) is 3.37. The van der Waals surface area contributed by atoms with Crippen LogP contribution in [-0.2, 0) is 4.79 Å². The number of thioether (sulfide) groups is 1. The van der Waals surface area contributed by atoms with E-state index in [9.17, 15) is 4.79 Å². The summed E-state index contributed by atoms with van der Waals surface area (Å²) >= 11 is 13.6. The van der Waals surface area contributed by atoms with Crippen LogP contribution in [-0.4, -0.2) is 34.9 Å². The molecule has 0 bridgehead atoms. The quantitative estimate of drug-likeness (QED) is 0.469. The first-order valence-corrected chi connectivity index (χ1v) is 11.4. The van der Waals surface area contributed by atoms with Gasteiger partial charge in [-0.2, -0.15) is 0 Å². The van der Waals surface area contributed by atoms with Crippen LogP contribution in [0.3, 0.4) is 0 Å². The molecule has 4 rings (SSSR count). The molecule has 0 spiro atoms. The minimum Gasteiger partial charge on any atom is -0.411 e. The van der Waals surface area contributed by atoms with Gasteiger partial charge in [-0.25, -0.2) is 0 Å². The third-order valence-corrected chi connectivity index (χ3v) is 6.10. The van der Waals surface area contributed by atoms with Gasteiger partial charge in [0.25, 0.3) is 5.22 Å². The summed E-state index contributed by atoms with van der Waals surface area (Å²) in [5.41, 5.74) is 2.34. The van der Waals surface area contributed by atoms with Gasteiger partial charge >= 0.3 is 0 Å². The molecule has 1 aliphatic rings. The molecule has 0 unspecified atom stereocenters. The Labute approximate surface area is 188 Å². The number of carbonyl (C=O) groups excluding carboxylic acids is 1. The van der Waals surface area contributed by atoms with E-state index in [-0.39, 0.29) is 11.7 Å². The second-order valence-corrected chi connectivity index (χ2v) is 8.67. The first-order valence-electron chi connectivity index (χ1n) is 9.66. The first kappa shape index (κ1) is 21.0. The topological polar surface area (TPSA) is 71.3 Å². The van der Waals surface area contributed by atoms with Crippen molar-refractivity contribution >= 4 is 52.2 Å². The maximum atomic E-state index is 12.6. The molecule has 0 atom stereocenters. The predicted octanol–water partition coefficient (Wildman–Crippen LogP) is 5.76. The number of halogens is 2. The van der Waals surface area contributed by atoms with Crippen LogP contribution in [0, 0.1) is 0 Å². The lowest BCUT2D eigenvalue weighted by Gasteiger charge is -2.31. The number of aromatic nitrogens is 2. The van der Waals surface area contributed by atoms with Gasteiger partial charge in [0, 0.05) is 23.7 Å². The van der Waals surface area contributed by atoms with Crippen molar-refractivity contribution in [3.8, 4) is 11.5 Å². The lowest BCUT2D eigenvalue weighted by Crippen LogP contribution is -2.30. The normalized spacial score (nSPS) is 14.0. The Morgan fingerprint density at radius 1 is 1.10 bits per heavy atom. The second-order valence-electron chi connectivity index (χ2n) is 6.90. The molecular weight excluding hydrogens is 443 g/mol. The number of hydrogen-bond acceptors (Lipinski definition) is 6. The minimum atomic E-state index is -0.164. The maximum Gasteiger partial charge on any atom is 0.277 e. The van der Waals surface area contributed by atoms with Crippen LogP contribution in [0.2, 0.25) is 10.0 Å². The van der Waals surface area contributed by atoms with Gasteiger partial charge in [-0.15, -0.1) is 10.2 Å². The Morgan fingerprint density at radius 2 is 1.90 bits per heavy atom. The van der Waals surface area contributed by atoms with Gasteiger partial charge in [0.05, 0.1) is 22.2 Å². The predicted molar refractivity (Wildman–Crippen MR) is 122 cm³/mol. The summed E-state index contributed by atoms with van der Waals surface area (Å²) in [6, 6.07) is 12.7. The van der Waals surface area contributed by atoms with Crippen LogP contribution in [0.4, 0.5) is 11.4 Å². The summed E-state index contributed by atoms with van der Waals surface area (Å²) in [5, 5.41) is 12.6. The van der Waals surface area contributed by atoms with Crippen molar-refractivity contribution in [2.45, 2.75) is 24.5 Å². The minimum absolute atomic E-state index is 0.142. The number of carbonyl (C=O) groups is 1. The van der Waals surface area contributed by atoms with Gasteiger partial charge in [0.2, 0.25) is 11.8 Å². The third kappa shape index (κ3) is 5.09. The van der Waals surface area contributed by atoms with Crippen LogP contribution in [0.15, 0.2) is 52.1 Å². The first-order chi connectivity index (χ1) is 14.6. The lowest BCUT2D eigenvalue weighted by molar-refractivity contribution is -0.113. The number of nitrogens with zero attached hydrogens (tertiary/aromatic N) is 3. The molecular formula is C21H20Cl2N4O2S. The molecule has 1 fully saturated rings. The van der Waals surface area contributed by atoms with Crippen molar-refractivity contribution in [2.75, 3.05) is 29.1 Å². The lowest BCUT2D eigenvalue weighted by atomic mass is 10.1. The zero-order chi connectivity index (χ0) is 20.9. The van der Waals surface area contributed by atoms with Crippen molar-refractivity contribution in [1.82, 2.24) is 10.2 Å². The van der Waals surface area contributed by atoms with E-state index in [0.717, 1.165) is 42.9 Å². The molecule has 1 aliphatic heterocycles. The van der Waals surface area contributed by atoms with E-state index < -0.39 is 0 Å². The molecule has 3 aromatic rings. The summed E-state index contributed by atoms with van der Waals surface area (Å²) < 4.78 is 5.64. The van der Waals surface area contributed by atoms with Gasteiger partial charge in [0.1, 0.15) is 0 Å². The van der Waals surface area contributed by atoms with Crippen molar-refractivity contribution in [1.29, 1.82) is 0 Å². The van der Waals surface area contributed by atoms with E-state index in [4.69, 9.17) is 27.6 Å². The molecule has 2 heterocycles. The summed E-state index contributed by atoms with van der Waals surface area (Å²) in [7, 11) is 0. The van der Waals surface area contributed by atoms with Crippen LogP contribution in [0.25, 0.3) is 11.5 Å². The molecule has 2 aromatic carbocycles. The van der Waals surface area contributed by atoms with Crippen LogP contribution >= 0.6 is 35.0 Å². The number of hydrogen-bond donors (Lipinski definition) is 1.